The van der Waals surface area contributed by atoms with Crippen molar-refractivity contribution in [2.75, 3.05) is 13.2 Å². The van der Waals surface area contributed by atoms with Gasteiger partial charge in [-0.1, -0.05) is 72.6 Å². The van der Waals surface area contributed by atoms with Gasteiger partial charge in [-0.15, -0.1) is 0 Å². The molecular weight excluding hydrogens is 484 g/mol. The molecule has 218 valence electrons. The van der Waals surface area contributed by atoms with Crippen molar-refractivity contribution in [1.82, 2.24) is 0 Å². The third kappa shape index (κ3) is 10.5. The van der Waals surface area contributed by atoms with E-state index in [0.717, 1.165) is 57.8 Å². The molecule has 2 aliphatic rings. The third-order valence-corrected chi connectivity index (χ3v) is 13.8. The molecule has 0 amide bonds. The largest absolute Gasteiger partial charge is 0.481 e. The molecule has 0 aromatic rings. The SMILES string of the molecule is CCCCCCCC1(CC[C@H]2C(O[Si](C)(C)C(C)(C)C)CC(O)C2CCCCCCC(=O)O)OCCO1. The quantitative estimate of drug-likeness (QED) is 0.136. The Balaban J connectivity index is 2.04. The standard InChI is InChI=1S/C30H58O6Si/c1-7-8-9-12-15-19-30(34-21-22-35-30)20-18-25-24(16-13-10-11-14-17-28(32)33)26(31)23-27(25)36-37(5,6)29(2,3)4/h24-27,31H,7-23H2,1-6H3,(H,32,33)/t24?,25-,26?,27?/m1/s1. The summed E-state index contributed by atoms with van der Waals surface area (Å²) in [6, 6.07) is 0. The molecule has 0 radical (unpaired) electrons. The molecule has 0 aromatic heterocycles. The van der Waals surface area contributed by atoms with E-state index in [9.17, 15) is 9.90 Å². The lowest BCUT2D eigenvalue weighted by molar-refractivity contribution is -0.171. The average Bonchev–Trinajstić information content (AvgIpc) is 3.38. The van der Waals surface area contributed by atoms with E-state index in [0.29, 0.717) is 25.6 Å². The minimum absolute atomic E-state index is 0.0795. The Hall–Kier alpha value is -0.473. The van der Waals surface area contributed by atoms with E-state index in [-0.39, 0.29) is 29.6 Å². The highest BCUT2D eigenvalue weighted by molar-refractivity contribution is 6.74. The number of carboxylic acids is 1. The first-order valence-corrected chi connectivity index (χ1v) is 18.2. The molecule has 37 heavy (non-hydrogen) atoms. The summed E-state index contributed by atoms with van der Waals surface area (Å²) in [6.45, 7) is 15.1. The number of aliphatic hydroxyl groups excluding tert-OH is 1. The van der Waals surface area contributed by atoms with E-state index in [4.69, 9.17) is 19.0 Å². The Morgan fingerprint density at radius 2 is 1.54 bits per heavy atom. The molecule has 0 aromatic carbocycles. The van der Waals surface area contributed by atoms with Crippen LogP contribution in [-0.2, 0) is 18.7 Å². The lowest BCUT2D eigenvalue weighted by Gasteiger charge is -2.41. The van der Waals surface area contributed by atoms with Crippen molar-refractivity contribution in [2.45, 2.75) is 160 Å². The van der Waals surface area contributed by atoms with E-state index in [1.165, 1.54) is 25.7 Å². The van der Waals surface area contributed by atoms with E-state index >= 15 is 0 Å². The van der Waals surface area contributed by atoms with E-state index < -0.39 is 20.1 Å². The van der Waals surface area contributed by atoms with Crippen LogP contribution in [0.2, 0.25) is 18.1 Å². The Morgan fingerprint density at radius 3 is 2.16 bits per heavy atom. The van der Waals surface area contributed by atoms with Gasteiger partial charge in [0.1, 0.15) is 0 Å². The van der Waals surface area contributed by atoms with Crippen LogP contribution < -0.4 is 0 Å². The summed E-state index contributed by atoms with van der Waals surface area (Å²) in [5.41, 5.74) is 0. The maximum absolute atomic E-state index is 11.2. The number of unbranched alkanes of at least 4 members (excludes halogenated alkanes) is 7. The maximum atomic E-state index is 11.2. The fourth-order valence-corrected chi connectivity index (χ4v) is 7.33. The number of carboxylic acid groups (broad SMARTS) is 1. The van der Waals surface area contributed by atoms with Crippen LogP contribution in [0.4, 0.5) is 0 Å². The summed E-state index contributed by atoms with van der Waals surface area (Å²) >= 11 is 0. The zero-order valence-corrected chi connectivity index (χ0v) is 25.9. The fraction of sp³-hybridized carbons (Fsp3) is 0.967. The van der Waals surface area contributed by atoms with Gasteiger partial charge in [-0.2, -0.15) is 0 Å². The van der Waals surface area contributed by atoms with Crippen molar-refractivity contribution < 1.29 is 28.9 Å². The van der Waals surface area contributed by atoms with Crippen LogP contribution in [0, 0.1) is 11.8 Å². The molecule has 6 nitrogen and oxygen atoms in total. The van der Waals surface area contributed by atoms with Crippen molar-refractivity contribution in [3.63, 3.8) is 0 Å². The first kappa shape index (κ1) is 32.7. The summed E-state index contributed by atoms with van der Waals surface area (Å²) in [7, 11) is -1.97. The van der Waals surface area contributed by atoms with Gasteiger partial charge in [0.05, 0.1) is 25.4 Å². The van der Waals surface area contributed by atoms with Crippen LogP contribution in [0.5, 0.6) is 0 Å². The van der Waals surface area contributed by atoms with Gasteiger partial charge in [0.25, 0.3) is 0 Å². The normalized spacial score (nSPS) is 26.1. The van der Waals surface area contributed by atoms with Gasteiger partial charge in [0.15, 0.2) is 14.1 Å². The average molecular weight is 543 g/mol. The first-order chi connectivity index (χ1) is 17.4. The van der Waals surface area contributed by atoms with Gasteiger partial charge < -0.3 is 24.1 Å². The summed E-state index contributed by atoms with van der Waals surface area (Å²) in [5.74, 6) is -0.666. The van der Waals surface area contributed by atoms with Crippen molar-refractivity contribution in [3.8, 4) is 0 Å². The molecule has 0 spiro atoms. The predicted molar refractivity (Wildman–Crippen MR) is 152 cm³/mol. The molecule has 1 aliphatic heterocycles. The predicted octanol–water partition coefficient (Wildman–Crippen LogP) is 7.68. The molecule has 1 saturated heterocycles. The monoisotopic (exact) mass is 542 g/mol. The Kier molecular flexibility index (Phi) is 13.6. The van der Waals surface area contributed by atoms with Crippen molar-refractivity contribution >= 4 is 14.3 Å². The number of hydrogen-bond donors (Lipinski definition) is 2. The third-order valence-electron chi connectivity index (χ3n) is 9.26. The van der Waals surface area contributed by atoms with E-state index in [2.05, 4.69) is 40.8 Å². The van der Waals surface area contributed by atoms with Gasteiger partial charge in [0, 0.05) is 19.3 Å². The molecule has 0 bridgehead atoms. The van der Waals surface area contributed by atoms with Crippen LogP contribution in [0.1, 0.15) is 124 Å². The lowest BCUT2D eigenvalue weighted by atomic mass is 9.84. The van der Waals surface area contributed by atoms with Gasteiger partial charge in [-0.25, -0.2) is 0 Å². The van der Waals surface area contributed by atoms with Crippen molar-refractivity contribution in [3.05, 3.63) is 0 Å². The minimum atomic E-state index is -1.97. The molecule has 1 saturated carbocycles. The lowest BCUT2D eigenvalue weighted by Crippen LogP contribution is -2.45. The highest BCUT2D eigenvalue weighted by atomic mass is 28.4. The van der Waals surface area contributed by atoms with Crippen LogP contribution in [0.3, 0.4) is 0 Å². The van der Waals surface area contributed by atoms with Crippen LogP contribution in [-0.4, -0.2) is 55.7 Å². The first-order valence-electron chi connectivity index (χ1n) is 15.3. The van der Waals surface area contributed by atoms with Gasteiger partial charge in [0.2, 0.25) is 0 Å². The Bertz CT molecular complexity index is 655. The molecule has 1 heterocycles. The zero-order chi connectivity index (χ0) is 27.5. The second-order valence-electron chi connectivity index (χ2n) is 13.2. The van der Waals surface area contributed by atoms with Crippen LogP contribution in [0.25, 0.3) is 0 Å². The maximum Gasteiger partial charge on any atom is 0.303 e. The molecule has 3 unspecified atom stereocenters. The summed E-state index contributed by atoms with van der Waals surface area (Å²) in [4.78, 5) is 10.8. The molecule has 2 fully saturated rings. The number of aliphatic carboxylic acids is 1. The summed E-state index contributed by atoms with van der Waals surface area (Å²) in [6.07, 6.45) is 14.3. The highest BCUT2D eigenvalue weighted by Gasteiger charge is 2.48. The molecule has 4 atom stereocenters. The van der Waals surface area contributed by atoms with E-state index in [1.807, 2.05) is 0 Å². The molecule has 1 aliphatic carbocycles. The molecular formula is C30H58O6Si. The number of hydrogen-bond acceptors (Lipinski definition) is 5. The van der Waals surface area contributed by atoms with E-state index in [1.54, 1.807) is 0 Å². The Morgan fingerprint density at radius 1 is 0.919 bits per heavy atom. The van der Waals surface area contributed by atoms with Gasteiger partial charge in [-0.3, -0.25) is 4.79 Å². The smallest absolute Gasteiger partial charge is 0.303 e. The fourth-order valence-electron chi connectivity index (χ4n) is 5.95. The van der Waals surface area contributed by atoms with Crippen LogP contribution in [0.15, 0.2) is 0 Å². The second-order valence-corrected chi connectivity index (χ2v) is 18.0. The van der Waals surface area contributed by atoms with Crippen molar-refractivity contribution in [2.24, 2.45) is 11.8 Å². The second kappa shape index (κ2) is 15.4. The highest BCUT2D eigenvalue weighted by Crippen LogP contribution is 2.46. The van der Waals surface area contributed by atoms with Crippen molar-refractivity contribution in [1.29, 1.82) is 0 Å². The summed E-state index contributed by atoms with van der Waals surface area (Å²) < 4.78 is 19.4. The topological polar surface area (TPSA) is 85.2 Å². The molecule has 2 rings (SSSR count). The number of carbonyl (C=O) groups is 1. The van der Waals surface area contributed by atoms with Crippen LogP contribution >= 0.6 is 0 Å². The zero-order valence-electron chi connectivity index (χ0n) is 24.9. The Labute approximate surface area is 228 Å². The number of ether oxygens (including phenoxy) is 2. The summed E-state index contributed by atoms with van der Waals surface area (Å²) in [5, 5.41) is 20.2. The van der Waals surface area contributed by atoms with Gasteiger partial charge in [-0.05, 0) is 62.1 Å². The number of aliphatic hydroxyl groups is 1. The molecule has 2 N–H and O–H groups in total. The minimum Gasteiger partial charge on any atom is -0.481 e. The van der Waals surface area contributed by atoms with Gasteiger partial charge >= 0.3 is 5.97 Å². The number of rotatable bonds is 18. The molecule has 7 heteroatoms.